The maximum absolute atomic E-state index is 3.55. The quantitative estimate of drug-likeness (QED) is 0.520. The molecule has 2 bridgehead atoms. The van der Waals surface area contributed by atoms with E-state index in [1.807, 2.05) is 0 Å². The van der Waals surface area contributed by atoms with Crippen molar-refractivity contribution in [2.24, 2.45) is 5.92 Å². The number of rotatable bonds is 0. The predicted molar refractivity (Wildman–Crippen MR) is 42.0 cm³/mol. The van der Waals surface area contributed by atoms with Crippen LogP contribution < -0.4 is 5.32 Å². The molecule has 2 heterocycles. The van der Waals surface area contributed by atoms with Gasteiger partial charge in [-0.15, -0.1) is 0 Å². The van der Waals surface area contributed by atoms with Crippen molar-refractivity contribution in [2.45, 2.75) is 18.9 Å². The van der Waals surface area contributed by atoms with Crippen molar-refractivity contribution in [1.82, 2.24) is 10.2 Å². The normalized spacial score (nSPS) is 41.7. The highest BCUT2D eigenvalue weighted by Crippen LogP contribution is 2.21. The van der Waals surface area contributed by atoms with Crippen molar-refractivity contribution >= 4 is 0 Å². The first kappa shape index (κ1) is 6.62. The summed E-state index contributed by atoms with van der Waals surface area (Å²) in [5.74, 6) is 0.981. The second-order valence-electron chi connectivity index (χ2n) is 3.76. The van der Waals surface area contributed by atoms with E-state index in [0.717, 1.165) is 12.0 Å². The lowest BCUT2D eigenvalue weighted by Crippen LogP contribution is -2.36. The van der Waals surface area contributed by atoms with Gasteiger partial charge in [0.1, 0.15) is 0 Å². The molecule has 10 heavy (non-hydrogen) atoms. The minimum absolute atomic E-state index is 0.803. The monoisotopic (exact) mass is 140 g/mol. The number of likely N-dealkylation sites (N-methyl/N-ethyl adjacent to an activating group) is 1. The molecule has 2 rings (SSSR count). The van der Waals surface area contributed by atoms with Gasteiger partial charge in [0.15, 0.2) is 0 Å². The zero-order valence-electron chi connectivity index (χ0n) is 6.64. The molecule has 0 amide bonds. The van der Waals surface area contributed by atoms with Gasteiger partial charge in [-0.05, 0) is 38.9 Å². The molecule has 2 aliphatic rings. The van der Waals surface area contributed by atoms with Gasteiger partial charge in [-0.2, -0.15) is 0 Å². The van der Waals surface area contributed by atoms with Crippen molar-refractivity contribution in [3.63, 3.8) is 0 Å². The molecule has 2 nitrogen and oxygen atoms in total. The third kappa shape index (κ3) is 1.18. The highest BCUT2D eigenvalue weighted by molar-refractivity contribution is 4.86. The van der Waals surface area contributed by atoms with Crippen LogP contribution in [0.15, 0.2) is 0 Å². The Hall–Kier alpha value is -0.0800. The van der Waals surface area contributed by atoms with E-state index in [2.05, 4.69) is 17.3 Å². The molecule has 0 saturated carbocycles. The summed E-state index contributed by atoms with van der Waals surface area (Å²) in [7, 11) is 2.22. The van der Waals surface area contributed by atoms with Gasteiger partial charge in [-0.3, -0.25) is 0 Å². The summed E-state index contributed by atoms with van der Waals surface area (Å²) in [6.07, 6.45) is 2.82. The zero-order chi connectivity index (χ0) is 6.97. The molecule has 2 fully saturated rings. The van der Waals surface area contributed by atoms with Crippen LogP contribution in [0, 0.1) is 5.92 Å². The lowest BCUT2D eigenvalue weighted by atomic mass is 10.0. The van der Waals surface area contributed by atoms with E-state index in [0.29, 0.717) is 0 Å². The molecular formula is C8H16N2. The molecule has 2 unspecified atom stereocenters. The van der Waals surface area contributed by atoms with Gasteiger partial charge in [0.25, 0.3) is 0 Å². The van der Waals surface area contributed by atoms with Gasteiger partial charge in [0.2, 0.25) is 0 Å². The van der Waals surface area contributed by atoms with Crippen molar-refractivity contribution < 1.29 is 0 Å². The molecule has 58 valence electrons. The number of nitrogens with zero attached hydrogens (tertiary/aromatic N) is 1. The third-order valence-corrected chi connectivity index (χ3v) is 2.76. The molecule has 0 aromatic rings. The maximum atomic E-state index is 3.55. The fraction of sp³-hybridized carbons (Fsp3) is 1.00. The number of hydrogen-bond donors (Lipinski definition) is 1. The molecule has 2 atom stereocenters. The predicted octanol–water partition coefficient (Wildman–Crippen LogP) is 0.300. The highest BCUT2D eigenvalue weighted by Gasteiger charge is 2.27. The van der Waals surface area contributed by atoms with Gasteiger partial charge < -0.3 is 10.2 Å². The third-order valence-electron chi connectivity index (χ3n) is 2.76. The molecule has 0 aromatic heterocycles. The summed E-state index contributed by atoms with van der Waals surface area (Å²) in [6.45, 7) is 3.85. The fourth-order valence-corrected chi connectivity index (χ4v) is 2.13. The Labute approximate surface area is 62.6 Å². The van der Waals surface area contributed by atoms with Gasteiger partial charge in [-0.1, -0.05) is 0 Å². The lowest BCUT2D eigenvalue weighted by molar-refractivity contribution is 0.300. The first-order valence-electron chi connectivity index (χ1n) is 4.26. The Balaban J connectivity index is 1.99. The number of fused-ring (bicyclic) bond motifs is 2. The van der Waals surface area contributed by atoms with Crippen molar-refractivity contribution in [1.29, 1.82) is 0 Å². The van der Waals surface area contributed by atoms with E-state index in [9.17, 15) is 0 Å². The average molecular weight is 140 g/mol. The van der Waals surface area contributed by atoms with Gasteiger partial charge in [0, 0.05) is 12.6 Å². The van der Waals surface area contributed by atoms with Crippen molar-refractivity contribution in [3.05, 3.63) is 0 Å². The van der Waals surface area contributed by atoms with Crippen molar-refractivity contribution in [2.75, 3.05) is 26.7 Å². The molecule has 1 N–H and O–H groups in total. The topological polar surface area (TPSA) is 15.3 Å². The maximum Gasteiger partial charge on any atom is 0.0198 e. The zero-order valence-corrected chi connectivity index (χ0v) is 6.64. The lowest BCUT2D eigenvalue weighted by Gasteiger charge is -2.19. The van der Waals surface area contributed by atoms with Gasteiger partial charge in [0.05, 0.1) is 0 Å². The van der Waals surface area contributed by atoms with Gasteiger partial charge >= 0.3 is 0 Å². The van der Waals surface area contributed by atoms with Crippen LogP contribution in [0.5, 0.6) is 0 Å². The first-order chi connectivity index (χ1) is 4.84. The largest absolute Gasteiger partial charge is 0.312 e. The van der Waals surface area contributed by atoms with E-state index in [1.54, 1.807) is 0 Å². The summed E-state index contributed by atoms with van der Waals surface area (Å²) in [6, 6.07) is 0.803. The minimum Gasteiger partial charge on any atom is -0.312 e. The van der Waals surface area contributed by atoms with E-state index in [-0.39, 0.29) is 0 Å². The Morgan fingerprint density at radius 1 is 1.50 bits per heavy atom. The van der Waals surface area contributed by atoms with Crippen LogP contribution in [0.1, 0.15) is 12.8 Å². The molecule has 0 radical (unpaired) electrons. The van der Waals surface area contributed by atoms with Crippen LogP contribution in [-0.4, -0.2) is 37.6 Å². The summed E-state index contributed by atoms with van der Waals surface area (Å²) in [4.78, 5) is 2.44. The number of likely N-dealkylation sites (tertiary alicyclic amines) is 1. The van der Waals surface area contributed by atoms with E-state index in [1.165, 1.54) is 32.5 Å². The second kappa shape index (κ2) is 2.51. The smallest absolute Gasteiger partial charge is 0.0198 e. The second-order valence-corrected chi connectivity index (χ2v) is 3.76. The first-order valence-corrected chi connectivity index (χ1v) is 4.26. The van der Waals surface area contributed by atoms with Crippen LogP contribution >= 0.6 is 0 Å². The Bertz CT molecular complexity index is 124. The van der Waals surface area contributed by atoms with E-state index < -0.39 is 0 Å². The van der Waals surface area contributed by atoms with Crippen LogP contribution in [0.25, 0.3) is 0 Å². The summed E-state index contributed by atoms with van der Waals surface area (Å²) >= 11 is 0. The van der Waals surface area contributed by atoms with E-state index >= 15 is 0 Å². The molecule has 2 saturated heterocycles. The molecular weight excluding hydrogens is 124 g/mol. The Morgan fingerprint density at radius 2 is 2.40 bits per heavy atom. The molecule has 2 heteroatoms. The van der Waals surface area contributed by atoms with Crippen LogP contribution in [-0.2, 0) is 0 Å². The number of nitrogens with one attached hydrogen (secondary N) is 1. The molecule has 0 aromatic carbocycles. The van der Waals surface area contributed by atoms with Crippen molar-refractivity contribution in [3.8, 4) is 0 Å². The standard InChI is InChI=1S/C8H16N2/c1-10-3-2-7-4-8(6-10)9-5-7/h7-9H,2-6H2,1H3. The molecule has 2 aliphatic heterocycles. The minimum atomic E-state index is 0.803. The Kier molecular flexibility index (Phi) is 1.66. The molecule has 0 spiro atoms. The summed E-state index contributed by atoms with van der Waals surface area (Å²) in [5, 5.41) is 3.55. The summed E-state index contributed by atoms with van der Waals surface area (Å²) < 4.78 is 0. The van der Waals surface area contributed by atoms with Crippen LogP contribution in [0.2, 0.25) is 0 Å². The van der Waals surface area contributed by atoms with E-state index in [4.69, 9.17) is 0 Å². The molecule has 0 aliphatic carbocycles. The fourth-order valence-electron chi connectivity index (χ4n) is 2.13. The average Bonchev–Trinajstić information content (AvgIpc) is 2.22. The van der Waals surface area contributed by atoms with Crippen LogP contribution in [0.3, 0.4) is 0 Å². The highest BCUT2D eigenvalue weighted by atomic mass is 15.1. The number of hydrogen-bond acceptors (Lipinski definition) is 2. The van der Waals surface area contributed by atoms with Crippen LogP contribution in [0.4, 0.5) is 0 Å². The SMILES string of the molecule is CN1CCC2CNC(C2)C1. The summed E-state index contributed by atoms with van der Waals surface area (Å²) in [5.41, 5.74) is 0. The van der Waals surface area contributed by atoms with Gasteiger partial charge in [-0.25, -0.2) is 0 Å². The Morgan fingerprint density at radius 3 is 3.30 bits per heavy atom.